The Kier molecular flexibility index (Phi) is 3.65. The molecule has 0 spiro atoms. The minimum absolute atomic E-state index is 0.0734. The molecular formula is C14H17NO3. The van der Waals surface area contributed by atoms with E-state index >= 15 is 0 Å². The Hall–Kier alpha value is -1.84. The molecule has 18 heavy (non-hydrogen) atoms. The van der Waals surface area contributed by atoms with Gasteiger partial charge in [0.15, 0.2) is 5.78 Å². The van der Waals surface area contributed by atoms with Crippen LogP contribution in [-0.2, 0) is 16.1 Å². The molecule has 4 heteroatoms. The van der Waals surface area contributed by atoms with Crippen LogP contribution in [0, 0.1) is 0 Å². The maximum atomic E-state index is 11.9. The Bertz CT molecular complexity index is 444. The highest BCUT2D eigenvalue weighted by Gasteiger charge is 2.38. The van der Waals surface area contributed by atoms with Crippen LogP contribution in [0.15, 0.2) is 30.3 Å². The molecule has 0 saturated carbocycles. The fourth-order valence-corrected chi connectivity index (χ4v) is 2.23. The summed E-state index contributed by atoms with van der Waals surface area (Å²) in [4.78, 5) is 25.0. The van der Waals surface area contributed by atoms with Crippen LogP contribution < -0.4 is 0 Å². The van der Waals surface area contributed by atoms with Gasteiger partial charge in [0.2, 0.25) is 0 Å². The lowest BCUT2D eigenvalue weighted by molar-refractivity contribution is -0.119. The van der Waals surface area contributed by atoms with Crippen molar-refractivity contribution in [2.45, 2.75) is 39.0 Å². The zero-order valence-electron chi connectivity index (χ0n) is 10.6. The summed E-state index contributed by atoms with van der Waals surface area (Å²) < 4.78 is 5.24. The van der Waals surface area contributed by atoms with Crippen molar-refractivity contribution in [3.8, 4) is 0 Å². The smallest absolute Gasteiger partial charge is 0.410 e. The molecule has 1 aromatic carbocycles. The second kappa shape index (κ2) is 5.21. The minimum Gasteiger partial charge on any atom is -0.445 e. The first-order valence-corrected chi connectivity index (χ1v) is 6.11. The molecule has 0 aliphatic carbocycles. The van der Waals surface area contributed by atoms with Crippen LogP contribution in [-0.4, -0.2) is 28.9 Å². The third kappa shape index (κ3) is 2.53. The summed E-state index contributed by atoms with van der Waals surface area (Å²) in [6.07, 6.45) is 0.00595. The van der Waals surface area contributed by atoms with E-state index in [1.165, 1.54) is 4.90 Å². The molecule has 2 atom stereocenters. The lowest BCUT2D eigenvalue weighted by atomic mass is 10.2. The molecule has 0 bridgehead atoms. The average molecular weight is 247 g/mol. The van der Waals surface area contributed by atoms with Gasteiger partial charge in [-0.25, -0.2) is 4.79 Å². The Morgan fingerprint density at radius 3 is 2.56 bits per heavy atom. The molecule has 1 fully saturated rings. The van der Waals surface area contributed by atoms with E-state index < -0.39 is 6.09 Å². The molecule has 0 N–H and O–H groups in total. The quantitative estimate of drug-likeness (QED) is 0.806. The summed E-state index contributed by atoms with van der Waals surface area (Å²) >= 11 is 0. The molecular weight excluding hydrogens is 230 g/mol. The number of rotatable bonds is 2. The maximum absolute atomic E-state index is 11.9. The standard InChI is InChI=1S/C14H17NO3/c1-10-8-13(16)11(2)15(10)14(17)18-9-12-6-4-3-5-7-12/h3-7,10-11H,8-9H2,1-2H3/t10-,11?/m1/s1. The molecule has 4 nitrogen and oxygen atoms in total. The second-order valence-corrected chi connectivity index (χ2v) is 4.64. The molecule has 1 aliphatic rings. The number of hydrogen-bond acceptors (Lipinski definition) is 3. The first-order valence-electron chi connectivity index (χ1n) is 6.11. The van der Waals surface area contributed by atoms with Crippen molar-refractivity contribution in [1.29, 1.82) is 0 Å². The molecule has 1 aliphatic heterocycles. The number of ether oxygens (including phenoxy) is 1. The number of hydrogen-bond donors (Lipinski definition) is 0. The normalized spacial score (nSPS) is 23.2. The van der Waals surface area contributed by atoms with Gasteiger partial charge in [-0.15, -0.1) is 0 Å². The van der Waals surface area contributed by atoms with Gasteiger partial charge in [0.05, 0.1) is 6.04 Å². The Morgan fingerprint density at radius 1 is 1.33 bits per heavy atom. The first-order chi connectivity index (χ1) is 8.59. The van der Waals surface area contributed by atoms with Crippen LogP contribution in [0.4, 0.5) is 4.79 Å². The topological polar surface area (TPSA) is 46.6 Å². The molecule has 1 heterocycles. The molecule has 1 amide bonds. The highest BCUT2D eigenvalue weighted by Crippen LogP contribution is 2.21. The average Bonchev–Trinajstić information content (AvgIpc) is 2.62. The van der Waals surface area contributed by atoms with Crippen molar-refractivity contribution in [3.05, 3.63) is 35.9 Å². The van der Waals surface area contributed by atoms with Gasteiger partial charge >= 0.3 is 6.09 Å². The number of amides is 1. The minimum atomic E-state index is -0.412. The molecule has 0 aromatic heterocycles. The van der Waals surface area contributed by atoms with Crippen molar-refractivity contribution in [1.82, 2.24) is 4.90 Å². The van der Waals surface area contributed by atoms with E-state index in [-0.39, 0.29) is 24.5 Å². The van der Waals surface area contributed by atoms with Gasteiger partial charge in [0, 0.05) is 12.5 Å². The fourth-order valence-electron chi connectivity index (χ4n) is 2.23. The number of benzene rings is 1. The summed E-state index contributed by atoms with van der Waals surface area (Å²) in [5, 5.41) is 0. The molecule has 2 rings (SSSR count). The van der Waals surface area contributed by atoms with Gasteiger partial charge < -0.3 is 4.74 Å². The Morgan fingerprint density at radius 2 is 2.00 bits per heavy atom. The van der Waals surface area contributed by atoms with E-state index in [9.17, 15) is 9.59 Å². The second-order valence-electron chi connectivity index (χ2n) is 4.64. The number of carbonyl (C=O) groups excluding carboxylic acids is 2. The van der Waals surface area contributed by atoms with E-state index in [2.05, 4.69) is 0 Å². The van der Waals surface area contributed by atoms with Gasteiger partial charge in [-0.05, 0) is 19.4 Å². The largest absolute Gasteiger partial charge is 0.445 e. The van der Waals surface area contributed by atoms with Gasteiger partial charge in [-0.1, -0.05) is 30.3 Å². The lowest BCUT2D eigenvalue weighted by Crippen LogP contribution is -2.40. The monoisotopic (exact) mass is 247 g/mol. The molecule has 96 valence electrons. The van der Waals surface area contributed by atoms with Crippen LogP contribution in [0.2, 0.25) is 0 Å². The number of likely N-dealkylation sites (tertiary alicyclic amines) is 1. The Balaban J connectivity index is 1.94. The van der Waals surface area contributed by atoms with E-state index in [1.54, 1.807) is 6.92 Å². The predicted octanol–water partition coefficient (Wildman–Crippen LogP) is 2.38. The van der Waals surface area contributed by atoms with Crippen molar-refractivity contribution in [2.75, 3.05) is 0 Å². The van der Waals surface area contributed by atoms with Gasteiger partial charge in [-0.3, -0.25) is 9.69 Å². The third-order valence-corrected chi connectivity index (χ3v) is 3.27. The number of nitrogens with zero attached hydrogens (tertiary/aromatic N) is 1. The van der Waals surface area contributed by atoms with Crippen LogP contribution in [0.3, 0.4) is 0 Å². The Labute approximate surface area is 107 Å². The zero-order chi connectivity index (χ0) is 13.1. The lowest BCUT2D eigenvalue weighted by Gasteiger charge is -2.24. The number of Topliss-reactive ketones (excluding diaryl/α,β-unsaturated/α-hetero) is 1. The summed E-state index contributed by atoms with van der Waals surface area (Å²) in [5.41, 5.74) is 0.941. The molecule has 1 unspecified atom stereocenters. The summed E-state index contributed by atoms with van der Waals surface area (Å²) in [6.45, 7) is 3.85. The van der Waals surface area contributed by atoms with Crippen molar-refractivity contribution < 1.29 is 14.3 Å². The summed E-state index contributed by atoms with van der Waals surface area (Å²) in [6, 6.07) is 9.06. The molecule has 1 aromatic rings. The highest BCUT2D eigenvalue weighted by atomic mass is 16.6. The number of carbonyl (C=O) groups is 2. The van der Waals surface area contributed by atoms with Crippen LogP contribution in [0.5, 0.6) is 0 Å². The van der Waals surface area contributed by atoms with Crippen LogP contribution in [0.1, 0.15) is 25.8 Å². The third-order valence-electron chi connectivity index (χ3n) is 3.27. The maximum Gasteiger partial charge on any atom is 0.410 e. The first kappa shape index (κ1) is 12.6. The van der Waals surface area contributed by atoms with Gasteiger partial charge in [-0.2, -0.15) is 0 Å². The van der Waals surface area contributed by atoms with Gasteiger partial charge in [0.1, 0.15) is 6.61 Å². The fraction of sp³-hybridized carbons (Fsp3) is 0.429. The van der Waals surface area contributed by atoms with Crippen LogP contribution >= 0.6 is 0 Å². The van der Waals surface area contributed by atoms with E-state index in [0.717, 1.165) is 5.56 Å². The zero-order valence-corrected chi connectivity index (χ0v) is 10.6. The van der Waals surface area contributed by atoms with Crippen LogP contribution in [0.25, 0.3) is 0 Å². The van der Waals surface area contributed by atoms with E-state index in [1.807, 2.05) is 37.3 Å². The SMILES string of the molecule is CC1C(=O)C[C@@H](C)N1C(=O)OCc1ccccc1. The van der Waals surface area contributed by atoms with E-state index in [0.29, 0.717) is 6.42 Å². The predicted molar refractivity (Wildman–Crippen MR) is 67.0 cm³/mol. The molecule has 1 saturated heterocycles. The van der Waals surface area contributed by atoms with E-state index in [4.69, 9.17) is 4.74 Å². The summed E-state index contributed by atoms with van der Waals surface area (Å²) in [7, 11) is 0. The van der Waals surface area contributed by atoms with Crippen molar-refractivity contribution in [2.24, 2.45) is 0 Å². The van der Waals surface area contributed by atoms with Crippen molar-refractivity contribution in [3.63, 3.8) is 0 Å². The summed E-state index contributed by atoms with van der Waals surface area (Å²) in [5.74, 6) is 0.0964. The molecule has 0 radical (unpaired) electrons. The van der Waals surface area contributed by atoms with Crippen molar-refractivity contribution >= 4 is 11.9 Å². The van der Waals surface area contributed by atoms with Gasteiger partial charge in [0.25, 0.3) is 0 Å². The highest BCUT2D eigenvalue weighted by molar-refractivity contribution is 5.90. The number of ketones is 1.